The van der Waals surface area contributed by atoms with Crippen LogP contribution in [-0.2, 0) is 4.79 Å². The lowest BCUT2D eigenvalue weighted by Crippen LogP contribution is -2.03. The van der Waals surface area contributed by atoms with Crippen molar-refractivity contribution >= 4 is 22.6 Å². The largest absolute Gasteiger partial charge is 0.322 e. The van der Waals surface area contributed by atoms with Crippen molar-refractivity contribution in [2.75, 3.05) is 0 Å². The van der Waals surface area contributed by atoms with Crippen LogP contribution in [0.1, 0.15) is 6.92 Å². The minimum Gasteiger partial charge on any atom is -0.322 e. The second kappa shape index (κ2) is 2.58. The van der Waals surface area contributed by atoms with E-state index in [0.29, 0.717) is 0 Å². The maximum Gasteiger partial charge on any atom is 0.191 e. The van der Waals surface area contributed by atoms with Gasteiger partial charge >= 0.3 is 0 Å². The van der Waals surface area contributed by atoms with Gasteiger partial charge in [0.2, 0.25) is 0 Å². The van der Waals surface area contributed by atoms with Crippen LogP contribution in [0.3, 0.4) is 0 Å². The molecule has 0 spiro atoms. The summed E-state index contributed by atoms with van der Waals surface area (Å²) in [6.45, 7) is 1.29. The van der Waals surface area contributed by atoms with Crippen molar-refractivity contribution in [3.63, 3.8) is 0 Å². The number of hydrogen-bond donors (Lipinski definition) is 1. The van der Waals surface area contributed by atoms with E-state index in [9.17, 15) is 4.79 Å². The maximum atomic E-state index is 10.0. The molecule has 3 nitrogen and oxygen atoms in total. The normalized spacial score (nSPS) is 11.4. The summed E-state index contributed by atoms with van der Waals surface area (Å²) in [4.78, 5) is 10.0. The Kier molecular flexibility index (Phi) is 2.37. The van der Waals surface area contributed by atoms with Gasteiger partial charge in [0.1, 0.15) is 0 Å². The van der Waals surface area contributed by atoms with Crippen molar-refractivity contribution in [3.8, 4) is 0 Å². The van der Waals surface area contributed by atoms with Crippen molar-refractivity contribution in [1.29, 1.82) is 0 Å². The number of halogens is 1. The van der Waals surface area contributed by atoms with Crippen LogP contribution in [0, 0.1) is 0 Å². The van der Waals surface area contributed by atoms with Gasteiger partial charge in [-0.05, 0) is 0 Å². The van der Waals surface area contributed by atoms with Gasteiger partial charge in [-0.25, -0.2) is 0 Å². The van der Waals surface area contributed by atoms with E-state index in [1.54, 1.807) is 0 Å². The van der Waals surface area contributed by atoms with Crippen LogP contribution in [-0.4, -0.2) is 11.0 Å². The standard InChI is InChI=1S/C3H5ClN2O/c1-2(7)3(4)6-5/h5H2,1H3. The predicted molar refractivity (Wildman–Crippen MR) is 28.2 cm³/mol. The molecule has 7 heavy (non-hydrogen) atoms. The molecule has 0 aromatic rings. The monoisotopic (exact) mass is 120 g/mol. The van der Waals surface area contributed by atoms with Crippen molar-refractivity contribution in [2.45, 2.75) is 6.92 Å². The summed E-state index contributed by atoms with van der Waals surface area (Å²) in [6, 6.07) is 0. The second-order valence-corrected chi connectivity index (χ2v) is 1.33. The zero-order chi connectivity index (χ0) is 5.86. The third kappa shape index (κ3) is 2.17. The molecule has 0 radical (unpaired) electrons. The summed E-state index contributed by atoms with van der Waals surface area (Å²) in [5, 5.41) is 2.75. The van der Waals surface area contributed by atoms with Gasteiger partial charge in [-0.2, -0.15) is 5.10 Å². The summed E-state index contributed by atoms with van der Waals surface area (Å²) in [6.07, 6.45) is 0. The minimum absolute atomic E-state index is 0.167. The fourth-order valence-electron chi connectivity index (χ4n) is 0.0909. The Labute approximate surface area is 46.1 Å². The number of ketones is 1. The van der Waals surface area contributed by atoms with Crippen LogP contribution in [0.25, 0.3) is 0 Å². The zero-order valence-electron chi connectivity index (χ0n) is 3.81. The Morgan fingerprint density at radius 3 is 2.29 bits per heavy atom. The first-order valence-electron chi connectivity index (χ1n) is 1.62. The number of nitrogens with zero attached hydrogens (tertiary/aromatic N) is 1. The third-order valence-corrected chi connectivity index (χ3v) is 0.768. The molecule has 0 rings (SSSR count). The quantitative estimate of drug-likeness (QED) is 0.303. The Morgan fingerprint density at radius 2 is 2.29 bits per heavy atom. The molecular formula is C3H5ClN2O. The highest BCUT2D eigenvalue weighted by Crippen LogP contribution is 1.82. The smallest absolute Gasteiger partial charge is 0.191 e. The molecular weight excluding hydrogens is 115 g/mol. The fraction of sp³-hybridized carbons (Fsp3) is 0.333. The number of Topliss-reactive ketones (excluding diaryl/α,β-unsaturated/α-hetero) is 1. The van der Waals surface area contributed by atoms with E-state index < -0.39 is 0 Å². The van der Waals surface area contributed by atoms with Crippen LogP contribution < -0.4 is 5.84 Å². The molecule has 0 heterocycles. The van der Waals surface area contributed by atoms with E-state index in [4.69, 9.17) is 11.6 Å². The fourth-order valence-corrected chi connectivity index (χ4v) is 0.0909. The van der Waals surface area contributed by atoms with Crippen LogP contribution in [0.5, 0.6) is 0 Å². The van der Waals surface area contributed by atoms with E-state index in [1.807, 2.05) is 0 Å². The SMILES string of the molecule is CC(=O)C(Cl)=NN. The van der Waals surface area contributed by atoms with Crippen LogP contribution in [0.15, 0.2) is 5.10 Å². The van der Waals surface area contributed by atoms with Gasteiger partial charge < -0.3 is 5.84 Å². The zero-order valence-corrected chi connectivity index (χ0v) is 4.57. The van der Waals surface area contributed by atoms with Gasteiger partial charge in [-0.15, -0.1) is 0 Å². The van der Waals surface area contributed by atoms with Crippen molar-refractivity contribution in [1.82, 2.24) is 0 Å². The average molecular weight is 121 g/mol. The molecule has 0 saturated heterocycles. The second-order valence-electron chi connectivity index (χ2n) is 0.976. The number of rotatable bonds is 1. The summed E-state index contributed by atoms with van der Waals surface area (Å²) < 4.78 is 0. The summed E-state index contributed by atoms with van der Waals surface area (Å²) in [7, 11) is 0. The summed E-state index contributed by atoms with van der Waals surface area (Å²) in [5.41, 5.74) is 0. The lowest BCUT2D eigenvalue weighted by atomic mass is 10.5. The molecule has 0 fully saturated rings. The molecule has 0 atom stereocenters. The molecule has 0 aliphatic rings. The lowest BCUT2D eigenvalue weighted by molar-refractivity contribution is -0.110. The third-order valence-electron chi connectivity index (χ3n) is 0.404. The summed E-state index contributed by atoms with van der Waals surface area (Å²) >= 11 is 5.08. The first-order valence-corrected chi connectivity index (χ1v) is 2.00. The van der Waals surface area contributed by atoms with Gasteiger partial charge in [-0.1, -0.05) is 11.6 Å². The Balaban J connectivity index is 3.82. The molecule has 0 bridgehead atoms. The van der Waals surface area contributed by atoms with Gasteiger partial charge in [0.05, 0.1) is 0 Å². The molecule has 0 aliphatic heterocycles. The Bertz CT molecular complexity index is 110. The maximum absolute atomic E-state index is 10.0. The number of hydrogen-bond acceptors (Lipinski definition) is 3. The molecule has 2 N–H and O–H groups in total. The molecule has 0 aliphatic carbocycles. The van der Waals surface area contributed by atoms with E-state index in [-0.39, 0.29) is 11.0 Å². The predicted octanol–water partition coefficient (Wildman–Crippen LogP) is 0.0864. The number of hydrazone groups is 1. The topological polar surface area (TPSA) is 55.5 Å². The minimum atomic E-state index is -0.316. The van der Waals surface area contributed by atoms with Crippen molar-refractivity contribution in [2.24, 2.45) is 10.9 Å². The van der Waals surface area contributed by atoms with E-state index in [0.717, 1.165) is 0 Å². The Morgan fingerprint density at radius 1 is 1.86 bits per heavy atom. The van der Waals surface area contributed by atoms with Crippen LogP contribution in [0.4, 0.5) is 0 Å². The number of nitrogens with two attached hydrogens (primary N) is 1. The first-order chi connectivity index (χ1) is 3.18. The van der Waals surface area contributed by atoms with E-state index in [2.05, 4.69) is 10.9 Å². The van der Waals surface area contributed by atoms with Gasteiger partial charge in [-0.3, -0.25) is 4.79 Å². The Hall–Kier alpha value is -0.570. The highest BCUT2D eigenvalue weighted by Gasteiger charge is 1.96. The van der Waals surface area contributed by atoms with E-state index in [1.165, 1.54) is 6.92 Å². The highest BCUT2D eigenvalue weighted by molar-refractivity contribution is 6.82. The molecule has 0 saturated carbocycles. The molecule has 4 heteroatoms. The van der Waals surface area contributed by atoms with Crippen LogP contribution >= 0.6 is 11.6 Å². The molecule has 0 aromatic carbocycles. The first kappa shape index (κ1) is 6.43. The molecule has 0 aromatic heterocycles. The average Bonchev–Trinajstić information content (AvgIpc) is 1.65. The van der Waals surface area contributed by atoms with Crippen LogP contribution in [0.2, 0.25) is 0 Å². The van der Waals surface area contributed by atoms with Gasteiger partial charge in [0.15, 0.2) is 11.0 Å². The molecule has 0 unspecified atom stereocenters. The number of carbonyl (C=O) groups is 1. The number of carbonyl (C=O) groups excluding carboxylic acids is 1. The molecule has 40 valence electrons. The van der Waals surface area contributed by atoms with E-state index >= 15 is 0 Å². The highest BCUT2D eigenvalue weighted by atomic mass is 35.5. The lowest BCUT2D eigenvalue weighted by Gasteiger charge is -1.80. The van der Waals surface area contributed by atoms with Gasteiger partial charge in [0.25, 0.3) is 0 Å². The van der Waals surface area contributed by atoms with Crippen molar-refractivity contribution < 1.29 is 4.79 Å². The van der Waals surface area contributed by atoms with Crippen molar-refractivity contribution in [3.05, 3.63) is 0 Å². The van der Waals surface area contributed by atoms with Gasteiger partial charge in [0, 0.05) is 6.92 Å². The summed E-state index contributed by atoms with van der Waals surface area (Å²) in [5.74, 6) is 4.29. The molecule has 0 amide bonds.